The van der Waals surface area contributed by atoms with Crippen LogP contribution in [0.3, 0.4) is 0 Å². The molecule has 0 heterocycles. The average molecular weight is 268 g/mol. The zero-order valence-corrected chi connectivity index (χ0v) is 11.6. The molecule has 0 aromatic heterocycles. The lowest BCUT2D eigenvalue weighted by atomic mass is 10.1. The van der Waals surface area contributed by atoms with Crippen molar-refractivity contribution in [2.24, 2.45) is 0 Å². The zero-order chi connectivity index (χ0) is 14.3. The molecule has 5 nitrogen and oxygen atoms in total. The molecule has 0 saturated heterocycles. The Morgan fingerprint density at radius 1 is 1.11 bits per heavy atom. The van der Waals surface area contributed by atoms with Crippen molar-refractivity contribution in [1.82, 2.24) is 0 Å². The van der Waals surface area contributed by atoms with E-state index in [1.165, 1.54) is 0 Å². The van der Waals surface area contributed by atoms with Gasteiger partial charge in [-0.1, -0.05) is 0 Å². The highest BCUT2D eigenvalue weighted by Gasteiger charge is 2.10. The number of methoxy groups -OCH3 is 1. The molecular formula is C14H20O5. The fraction of sp³-hybridized carbons (Fsp3) is 0.500. The summed E-state index contributed by atoms with van der Waals surface area (Å²) in [5.41, 5.74) is 1.90. The molecule has 0 fully saturated rings. The molecule has 0 bridgehead atoms. The van der Waals surface area contributed by atoms with Crippen LogP contribution in [0, 0.1) is 13.8 Å². The first-order valence-electron chi connectivity index (χ1n) is 6.10. The van der Waals surface area contributed by atoms with Crippen LogP contribution in [0.2, 0.25) is 0 Å². The maximum Gasteiger partial charge on any atom is 0.335 e. The Kier molecular flexibility index (Phi) is 6.32. The van der Waals surface area contributed by atoms with Crippen LogP contribution in [0.4, 0.5) is 0 Å². The SMILES string of the molecule is COCCOCCOc1c(C)cc(C(=O)O)cc1C. The Labute approximate surface area is 113 Å². The molecule has 0 aliphatic rings. The maximum atomic E-state index is 10.9. The molecular weight excluding hydrogens is 248 g/mol. The van der Waals surface area contributed by atoms with Crippen molar-refractivity contribution < 1.29 is 24.1 Å². The number of carboxylic acid groups (broad SMARTS) is 1. The minimum Gasteiger partial charge on any atom is -0.491 e. The second-order valence-electron chi connectivity index (χ2n) is 4.20. The molecule has 1 aromatic rings. The van der Waals surface area contributed by atoms with Gasteiger partial charge in [0.1, 0.15) is 12.4 Å². The van der Waals surface area contributed by atoms with Crippen LogP contribution in [-0.4, -0.2) is 44.6 Å². The number of carboxylic acids is 1. The van der Waals surface area contributed by atoms with Crippen LogP contribution in [0.1, 0.15) is 21.5 Å². The number of aryl methyl sites for hydroxylation is 2. The third-order valence-electron chi connectivity index (χ3n) is 2.61. The first-order valence-corrected chi connectivity index (χ1v) is 6.10. The normalized spacial score (nSPS) is 10.5. The van der Waals surface area contributed by atoms with Gasteiger partial charge < -0.3 is 19.3 Å². The standard InChI is InChI=1S/C14H20O5/c1-10-8-12(14(15)16)9-11(2)13(10)19-7-6-18-5-4-17-3/h8-9H,4-7H2,1-3H3,(H,15,16). The van der Waals surface area contributed by atoms with Crippen LogP contribution in [-0.2, 0) is 9.47 Å². The van der Waals surface area contributed by atoms with Crippen molar-refractivity contribution in [3.05, 3.63) is 28.8 Å². The van der Waals surface area contributed by atoms with Crippen molar-refractivity contribution >= 4 is 5.97 Å². The van der Waals surface area contributed by atoms with E-state index in [0.717, 1.165) is 16.9 Å². The third-order valence-corrected chi connectivity index (χ3v) is 2.61. The van der Waals surface area contributed by atoms with Gasteiger partial charge in [-0.05, 0) is 37.1 Å². The Morgan fingerprint density at radius 3 is 2.21 bits per heavy atom. The number of aromatic carboxylic acids is 1. The van der Waals surface area contributed by atoms with E-state index in [1.807, 2.05) is 13.8 Å². The molecule has 0 spiro atoms. The fourth-order valence-corrected chi connectivity index (χ4v) is 1.75. The van der Waals surface area contributed by atoms with Gasteiger partial charge in [-0.2, -0.15) is 0 Å². The molecule has 106 valence electrons. The van der Waals surface area contributed by atoms with Crippen LogP contribution >= 0.6 is 0 Å². The lowest BCUT2D eigenvalue weighted by molar-refractivity contribution is 0.0542. The molecule has 0 amide bonds. The van der Waals surface area contributed by atoms with Gasteiger partial charge in [-0.15, -0.1) is 0 Å². The summed E-state index contributed by atoms with van der Waals surface area (Å²) >= 11 is 0. The summed E-state index contributed by atoms with van der Waals surface area (Å²) in [6.07, 6.45) is 0. The highest BCUT2D eigenvalue weighted by molar-refractivity contribution is 5.88. The van der Waals surface area contributed by atoms with Gasteiger partial charge in [0, 0.05) is 7.11 Å². The summed E-state index contributed by atoms with van der Waals surface area (Å²) in [5, 5.41) is 8.95. The molecule has 1 rings (SSSR count). The predicted octanol–water partition coefficient (Wildman–Crippen LogP) is 2.04. The molecule has 0 aliphatic heterocycles. The minimum absolute atomic E-state index is 0.277. The van der Waals surface area contributed by atoms with Crippen LogP contribution in [0.15, 0.2) is 12.1 Å². The Hall–Kier alpha value is -1.59. The largest absolute Gasteiger partial charge is 0.491 e. The third kappa shape index (κ3) is 4.89. The zero-order valence-electron chi connectivity index (χ0n) is 11.6. The van der Waals surface area contributed by atoms with Gasteiger partial charge in [0.15, 0.2) is 0 Å². The van der Waals surface area contributed by atoms with E-state index >= 15 is 0 Å². The van der Waals surface area contributed by atoms with E-state index in [2.05, 4.69) is 0 Å². The molecule has 1 aromatic carbocycles. The van der Waals surface area contributed by atoms with E-state index in [0.29, 0.717) is 26.4 Å². The number of ether oxygens (including phenoxy) is 3. The van der Waals surface area contributed by atoms with Crippen molar-refractivity contribution in [1.29, 1.82) is 0 Å². The summed E-state index contributed by atoms with van der Waals surface area (Å²) in [4.78, 5) is 10.9. The fourth-order valence-electron chi connectivity index (χ4n) is 1.75. The van der Waals surface area contributed by atoms with Crippen LogP contribution in [0.25, 0.3) is 0 Å². The maximum absolute atomic E-state index is 10.9. The van der Waals surface area contributed by atoms with Gasteiger partial charge in [-0.3, -0.25) is 0 Å². The van der Waals surface area contributed by atoms with Crippen molar-refractivity contribution in [3.8, 4) is 5.75 Å². The highest BCUT2D eigenvalue weighted by atomic mass is 16.5. The second kappa shape index (κ2) is 7.76. The van der Waals surface area contributed by atoms with Gasteiger partial charge in [0.2, 0.25) is 0 Å². The number of hydrogen-bond acceptors (Lipinski definition) is 4. The molecule has 0 radical (unpaired) electrons. The van der Waals surface area contributed by atoms with Crippen molar-refractivity contribution in [3.63, 3.8) is 0 Å². The monoisotopic (exact) mass is 268 g/mol. The van der Waals surface area contributed by atoms with Gasteiger partial charge in [0.25, 0.3) is 0 Å². The van der Waals surface area contributed by atoms with Crippen LogP contribution < -0.4 is 4.74 Å². The summed E-state index contributed by atoms with van der Waals surface area (Å²) in [7, 11) is 1.62. The molecule has 0 atom stereocenters. The van der Waals surface area contributed by atoms with Gasteiger partial charge in [-0.25, -0.2) is 4.79 Å². The Balaban J connectivity index is 2.52. The average Bonchev–Trinajstić information content (AvgIpc) is 2.35. The summed E-state index contributed by atoms with van der Waals surface area (Å²) in [6.45, 7) is 5.67. The number of rotatable bonds is 8. The van der Waals surface area contributed by atoms with E-state index in [9.17, 15) is 4.79 Å². The number of carbonyl (C=O) groups is 1. The topological polar surface area (TPSA) is 65.0 Å². The molecule has 5 heteroatoms. The Morgan fingerprint density at radius 2 is 1.68 bits per heavy atom. The highest BCUT2D eigenvalue weighted by Crippen LogP contribution is 2.24. The van der Waals surface area contributed by atoms with Crippen molar-refractivity contribution in [2.45, 2.75) is 13.8 Å². The van der Waals surface area contributed by atoms with Gasteiger partial charge in [0.05, 0.1) is 25.4 Å². The van der Waals surface area contributed by atoms with Crippen LogP contribution in [0.5, 0.6) is 5.75 Å². The van der Waals surface area contributed by atoms with E-state index < -0.39 is 5.97 Å². The minimum atomic E-state index is -0.930. The summed E-state index contributed by atoms with van der Waals surface area (Å²) < 4.78 is 15.8. The van der Waals surface area contributed by atoms with Crippen molar-refractivity contribution in [2.75, 3.05) is 33.5 Å². The van der Waals surface area contributed by atoms with E-state index in [4.69, 9.17) is 19.3 Å². The van der Waals surface area contributed by atoms with Gasteiger partial charge >= 0.3 is 5.97 Å². The smallest absolute Gasteiger partial charge is 0.335 e. The quantitative estimate of drug-likeness (QED) is 0.731. The summed E-state index contributed by atoms with van der Waals surface area (Å²) in [5.74, 6) is -0.207. The lowest BCUT2D eigenvalue weighted by Gasteiger charge is -2.13. The van der Waals surface area contributed by atoms with E-state index in [-0.39, 0.29) is 5.56 Å². The first-order chi connectivity index (χ1) is 9.06. The second-order valence-corrected chi connectivity index (χ2v) is 4.20. The summed E-state index contributed by atoms with van der Waals surface area (Å²) in [6, 6.07) is 3.22. The molecule has 0 aliphatic carbocycles. The molecule has 0 saturated carbocycles. The van der Waals surface area contributed by atoms with E-state index in [1.54, 1.807) is 19.2 Å². The predicted molar refractivity (Wildman–Crippen MR) is 71.1 cm³/mol. The molecule has 1 N–H and O–H groups in total. The first kappa shape index (κ1) is 15.5. The molecule has 0 unspecified atom stereocenters. The Bertz CT molecular complexity index is 405. The number of hydrogen-bond donors (Lipinski definition) is 1. The number of benzene rings is 1. The molecule has 19 heavy (non-hydrogen) atoms. The lowest BCUT2D eigenvalue weighted by Crippen LogP contribution is -2.11.